The maximum atomic E-state index is 5.78. The van der Waals surface area contributed by atoms with E-state index in [1.165, 1.54) is 64.2 Å². The van der Waals surface area contributed by atoms with Gasteiger partial charge in [-0.1, -0.05) is 65.2 Å². The zero-order valence-electron chi connectivity index (χ0n) is 13.7. The quantitative estimate of drug-likeness (QED) is 0.321. The number of hydrogen-bond donors (Lipinski definition) is 2. The van der Waals surface area contributed by atoms with E-state index in [0.717, 1.165) is 13.0 Å². The summed E-state index contributed by atoms with van der Waals surface area (Å²) in [5, 5.41) is 0. The van der Waals surface area contributed by atoms with Crippen LogP contribution in [-0.4, -0.2) is 18.8 Å². The smallest absolute Gasteiger partial charge is 0.0616 e. The summed E-state index contributed by atoms with van der Waals surface area (Å²) in [7, 11) is 0. The van der Waals surface area contributed by atoms with Crippen molar-refractivity contribution in [2.24, 2.45) is 11.8 Å². The summed E-state index contributed by atoms with van der Waals surface area (Å²) < 4.78 is 5.78. The van der Waals surface area contributed by atoms with Gasteiger partial charge in [0, 0.05) is 18.6 Å². The molecular formula is C17H36N2O. The fourth-order valence-electron chi connectivity index (χ4n) is 3.47. The lowest BCUT2D eigenvalue weighted by Gasteiger charge is -2.26. The van der Waals surface area contributed by atoms with Crippen LogP contribution in [0.3, 0.4) is 0 Å². The summed E-state index contributed by atoms with van der Waals surface area (Å²) >= 11 is 0. The highest BCUT2D eigenvalue weighted by Gasteiger charge is 2.32. The van der Waals surface area contributed by atoms with Crippen molar-refractivity contribution in [2.75, 3.05) is 6.61 Å². The minimum absolute atomic E-state index is 0.421. The molecule has 120 valence electrons. The molecule has 3 nitrogen and oxygen atoms in total. The van der Waals surface area contributed by atoms with Crippen LogP contribution in [0.25, 0.3) is 0 Å². The van der Waals surface area contributed by atoms with Gasteiger partial charge in [0.2, 0.25) is 0 Å². The summed E-state index contributed by atoms with van der Waals surface area (Å²) in [6.07, 6.45) is 14.9. The first kappa shape index (κ1) is 17.9. The number of ether oxygens (including phenoxy) is 1. The average Bonchev–Trinajstić information content (AvgIpc) is 2.94. The molecule has 0 aromatic heterocycles. The van der Waals surface area contributed by atoms with Gasteiger partial charge in [0.1, 0.15) is 0 Å². The van der Waals surface area contributed by atoms with Gasteiger partial charge in [0.15, 0.2) is 0 Å². The summed E-state index contributed by atoms with van der Waals surface area (Å²) in [5.41, 5.74) is 3.05. The SMILES string of the molecule is CCCCCCCCCCC(NN)C1CCOC1CC. The van der Waals surface area contributed by atoms with Gasteiger partial charge in [-0.2, -0.15) is 0 Å². The Bertz CT molecular complexity index is 223. The van der Waals surface area contributed by atoms with Crippen molar-refractivity contribution in [2.45, 2.75) is 96.6 Å². The number of rotatable bonds is 12. The van der Waals surface area contributed by atoms with Crippen LogP contribution < -0.4 is 11.3 Å². The van der Waals surface area contributed by atoms with Crippen LogP contribution in [0.5, 0.6) is 0 Å². The van der Waals surface area contributed by atoms with Gasteiger partial charge in [0.05, 0.1) is 6.10 Å². The molecule has 1 aliphatic heterocycles. The molecule has 3 N–H and O–H groups in total. The van der Waals surface area contributed by atoms with Crippen LogP contribution in [0.2, 0.25) is 0 Å². The van der Waals surface area contributed by atoms with Gasteiger partial charge < -0.3 is 4.74 Å². The van der Waals surface area contributed by atoms with Crippen LogP contribution in [0.1, 0.15) is 84.5 Å². The fraction of sp³-hybridized carbons (Fsp3) is 1.00. The van der Waals surface area contributed by atoms with Gasteiger partial charge in [-0.3, -0.25) is 11.3 Å². The van der Waals surface area contributed by atoms with E-state index in [2.05, 4.69) is 19.3 Å². The predicted molar refractivity (Wildman–Crippen MR) is 86.5 cm³/mol. The van der Waals surface area contributed by atoms with E-state index < -0.39 is 0 Å². The number of hydrazine groups is 1. The highest BCUT2D eigenvalue weighted by molar-refractivity contribution is 4.84. The lowest BCUT2D eigenvalue weighted by molar-refractivity contribution is 0.0761. The maximum absolute atomic E-state index is 5.78. The van der Waals surface area contributed by atoms with Crippen molar-refractivity contribution < 1.29 is 4.74 Å². The van der Waals surface area contributed by atoms with E-state index in [1.54, 1.807) is 0 Å². The van der Waals surface area contributed by atoms with Crippen LogP contribution in [0, 0.1) is 5.92 Å². The third-order valence-electron chi connectivity index (χ3n) is 4.76. The molecule has 0 saturated carbocycles. The van der Waals surface area contributed by atoms with E-state index >= 15 is 0 Å². The third kappa shape index (κ3) is 6.55. The maximum Gasteiger partial charge on any atom is 0.0616 e. The zero-order chi connectivity index (χ0) is 14.6. The van der Waals surface area contributed by atoms with Crippen molar-refractivity contribution in [1.29, 1.82) is 0 Å². The Labute approximate surface area is 126 Å². The van der Waals surface area contributed by atoms with Gasteiger partial charge in [-0.15, -0.1) is 0 Å². The molecular weight excluding hydrogens is 248 g/mol. The first-order valence-corrected chi connectivity index (χ1v) is 8.91. The van der Waals surface area contributed by atoms with E-state index in [4.69, 9.17) is 10.6 Å². The van der Waals surface area contributed by atoms with Gasteiger partial charge >= 0.3 is 0 Å². The van der Waals surface area contributed by atoms with Crippen molar-refractivity contribution >= 4 is 0 Å². The Morgan fingerprint density at radius 2 is 1.70 bits per heavy atom. The first-order valence-electron chi connectivity index (χ1n) is 8.91. The molecule has 0 radical (unpaired) electrons. The second-order valence-corrected chi connectivity index (χ2v) is 6.31. The van der Waals surface area contributed by atoms with Crippen LogP contribution in [0.15, 0.2) is 0 Å². The molecule has 1 fully saturated rings. The minimum Gasteiger partial charge on any atom is -0.378 e. The lowest BCUT2D eigenvalue weighted by atomic mass is 9.88. The monoisotopic (exact) mass is 284 g/mol. The van der Waals surface area contributed by atoms with Crippen molar-refractivity contribution in [3.63, 3.8) is 0 Å². The number of unbranched alkanes of at least 4 members (excludes halogenated alkanes) is 7. The molecule has 1 aliphatic rings. The molecule has 3 atom stereocenters. The third-order valence-corrected chi connectivity index (χ3v) is 4.76. The van der Waals surface area contributed by atoms with Crippen LogP contribution in [0.4, 0.5) is 0 Å². The molecule has 1 saturated heterocycles. The molecule has 0 aliphatic carbocycles. The molecule has 1 heterocycles. The average molecular weight is 284 g/mol. The number of nitrogens with one attached hydrogen (secondary N) is 1. The normalized spacial score (nSPS) is 24.1. The van der Waals surface area contributed by atoms with E-state index in [-0.39, 0.29) is 0 Å². The Morgan fingerprint density at radius 3 is 2.30 bits per heavy atom. The topological polar surface area (TPSA) is 47.3 Å². The predicted octanol–water partition coefficient (Wildman–Crippen LogP) is 4.16. The van der Waals surface area contributed by atoms with Crippen molar-refractivity contribution in [3.8, 4) is 0 Å². The first-order chi connectivity index (χ1) is 9.83. The fourth-order valence-corrected chi connectivity index (χ4v) is 3.47. The van der Waals surface area contributed by atoms with Gasteiger partial charge in [0.25, 0.3) is 0 Å². The Hall–Kier alpha value is -0.120. The van der Waals surface area contributed by atoms with Gasteiger partial charge in [-0.25, -0.2) is 0 Å². The van der Waals surface area contributed by atoms with E-state index in [9.17, 15) is 0 Å². The summed E-state index contributed by atoms with van der Waals surface area (Å²) in [4.78, 5) is 0. The number of hydrogen-bond acceptors (Lipinski definition) is 3. The largest absolute Gasteiger partial charge is 0.378 e. The highest BCUT2D eigenvalue weighted by Crippen LogP contribution is 2.28. The minimum atomic E-state index is 0.421. The van der Waals surface area contributed by atoms with Crippen LogP contribution in [-0.2, 0) is 4.74 Å². The van der Waals surface area contributed by atoms with Crippen molar-refractivity contribution in [1.82, 2.24) is 5.43 Å². The molecule has 0 spiro atoms. The molecule has 0 amide bonds. The Morgan fingerprint density at radius 1 is 1.05 bits per heavy atom. The molecule has 3 heteroatoms. The summed E-state index contributed by atoms with van der Waals surface area (Å²) in [5.74, 6) is 6.38. The second kappa shape index (κ2) is 11.5. The lowest BCUT2D eigenvalue weighted by Crippen LogP contribution is -2.43. The Kier molecular flexibility index (Phi) is 10.3. The summed E-state index contributed by atoms with van der Waals surface area (Å²) in [6, 6.07) is 0.447. The standard InChI is InChI=1S/C17H36N2O/c1-3-5-6-7-8-9-10-11-12-16(19-18)15-13-14-20-17(15)4-2/h15-17,19H,3-14,18H2,1-2H3. The Balaban J connectivity index is 2.06. The molecule has 1 rings (SSSR count). The summed E-state index contributed by atoms with van der Waals surface area (Å²) in [6.45, 7) is 5.40. The highest BCUT2D eigenvalue weighted by atomic mass is 16.5. The second-order valence-electron chi connectivity index (χ2n) is 6.31. The molecule has 0 aromatic carbocycles. The van der Waals surface area contributed by atoms with Crippen molar-refractivity contribution in [3.05, 3.63) is 0 Å². The number of nitrogens with two attached hydrogens (primary N) is 1. The van der Waals surface area contributed by atoms with E-state index in [1.807, 2.05) is 0 Å². The molecule has 0 aromatic rings. The zero-order valence-corrected chi connectivity index (χ0v) is 13.7. The van der Waals surface area contributed by atoms with Crippen LogP contribution >= 0.6 is 0 Å². The van der Waals surface area contributed by atoms with E-state index in [0.29, 0.717) is 18.1 Å². The molecule has 20 heavy (non-hydrogen) atoms. The molecule has 3 unspecified atom stereocenters. The van der Waals surface area contributed by atoms with Gasteiger partial charge in [-0.05, 0) is 19.3 Å². The molecule has 0 bridgehead atoms.